The highest BCUT2D eigenvalue weighted by Crippen LogP contribution is 2.27. The van der Waals surface area contributed by atoms with E-state index in [1.807, 2.05) is 0 Å². The van der Waals surface area contributed by atoms with Crippen molar-refractivity contribution in [2.45, 2.75) is 22.6 Å². The van der Waals surface area contributed by atoms with Crippen molar-refractivity contribution in [1.29, 1.82) is 0 Å². The van der Waals surface area contributed by atoms with Crippen LogP contribution in [-0.4, -0.2) is 54.4 Å². The summed E-state index contributed by atoms with van der Waals surface area (Å²) in [5.74, 6) is -0.0271. The minimum absolute atomic E-state index is 0.0213. The predicted octanol–water partition coefficient (Wildman–Crippen LogP) is 0.826. The summed E-state index contributed by atoms with van der Waals surface area (Å²) in [6.45, 7) is -0.0213. The van der Waals surface area contributed by atoms with E-state index in [9.17, 15) is 13.5 Å². The minimum Gasteiger partial charge on any atom is -0.394 e. The zero-order valence-corrected chi connectivity index (χ0v) is 14.0. The monoisotopic (exact) mass is 346 g/mol. The first kappa shape index (κ1) is 16.5. The van der Waals surface area contributed by atoms with Crippen LogP contribution in [0.15, 0.2) is 52.7 Å². The van der Waals surface area contributed by atoms with Crippen molar-refractivity contribution in [3.8, 4) is 0 Å². The number of nitrogens with zero attached hydrogens (tertiary/aromatic N) is 4. The maximum absolute atomic E-state index is 12.5. The molecule has 0 spiro atoms. The van der Waals surface area contributed by atoms with Crippen LogP contribution in [0.2, 0.25) is 0 Å². The van der Waals surface area contributed by atoms with E-state index in [0.717, 1.165) is 5.56 Å². The van der Waals surface area contributed by atoms with Crippen molar-refractivity contribution in [1.82, 2.24) is 15.0 Å². The van der Waals surface area contributed by atoms with Gasteiger partial charge in [-0.2, -0.15) is 5.10 Å². The van der Waals surface area contributed by atoms with Crippen LogP contribution < -0.4 is 0 Å². The maximum Gasteiger partial charge on any atom is 0.185 e. The summed E-state index contributed by atoms with van der Waals surface area (Å²) in [7, 11) is -1.70. The molecule has 0 bridgehead atoms. The Morgan fingerprint density at radius 3 is 2.46 bits per heavy atom. The van der Waals surface area contributed by atoms with Gasteiger partial charge in [-0.25, -0.2) is 18.4 Å². The fourth-order valence-electron chi connectivity index (χ4n) is 2.69. The van der Waals surface area contributed by atoms with Crippen molar-refractivity contribution in [2.24, 2.45) is 5.10 Å². The molecule has 2 heterocycles. The molecule has 8 heteroatoms. The number of hydrazone groups is 1. The van der Waals surface area contributed by atoms with Crippen LogP contribution in [0.3, 0.4) is 0 Å². The van der Waals surface area contributed by atoms with Gasteiger partial charge in [-0.1, -0.05) is 12.1 Å². The molecule has 2 aromatic rings. The van der Waals surface area contributed by atoms with E-state index in [1.165, 1.54) is 12.4 Å². The van der Waals surface area contributed by atoms with Gasteiger partial charge in [-0.3, -0.25) is 5.01 Å². The smallest absolute Gasteiger partial charge is 0.185 e. The van der Waals surface area contributed by atoms with Gasteiger partial charge in [-0.15, -0.1) is 0 Å². The molecule has 0 aliphatic carbocycles. The minimum atomic E-state index is -3.50. The summed E-state index contributed by atoms with van der Waals surface area (Å²) in [5, 5.41) is 15.4. The number of aromatic nitrogens is 2. The molecule has 1 aliphatic heterocycles. The number of rotatable bonds is 5. The largest absolute Gasteiger partial charge is 0.394 e. The Balaban J connectivity index is 1.80. The number of hydrogen-bond donors (Lipinski definition) is 1. The SMILES string of the molecule is CN1N=CC(c2ccc(S(=O)(=O)Cc3ncccn3)cc2)C1CO. The highest BCUT2D eigenvalue weighted by atomic mass is 32.2. The van der Waals surface area contributed by atoms with Crippen LogP contribution >= 0.6 is 0 Å². The molecule has 3 rings (SSSR count). The Morgan fingerprint density at radius 2 is 1.83 bits per heavy atom. The van der Waals surface area contributed by atoms with E-state index < -0.39 is 9.84 Å². The van der Waals surface area contributed by atoms with Gasteiger partial charge in [0.25, 0.3) is 0 Å². The molecule has 1 aromatic heterocycles. The number of likely N-dealkylation sites (N-methyl/N-ethyl adjacent to an activating group) is 1. The lowest BCUT2D eigenvalue weighted by atomic mass is 9.94. The van der Waals surface area contributed by atoms with Crippen molar-refractivity contribution in [3.05, 3.63) is 54.1 Å². The molecule has 2 unspecified atom stereocenters. The maximum atomic E-state index is 12.5. The van der Waals surface area contributed by atoms with Gasteiger partial charge in [0.15, 0.2) is 9.84 Å². The highest BCUT2D eigenvalue weighted by molar-refractivity contribution is 7.90. The van der Waals surface area contributed by atoms with E-state index >= 15 is 0 Å². The zero-order chi connectivity index (χ0) is 17.2. The molecule has 24 heavy (non-hydrogen) atoms. The Kier molecular flexibility index (Phi) is 4.59. The normalized spacial score (nSPS) is 20.5. The molecule has 1 N–H and O–H groups in total. The molecular formula is C16H18N4O3S. The van der Waals surface area contributed by atoms with Gasteiger partial charge in [0, 0.05) is 31.6 Å². The van der Waals surface area contributed by atoms with E-state index in [0.29, 0.717) is 0 Å². The Bertz CT molecular complexity index is 822. The summed E-state index contributed by atoms with van der Waals surface area (Å²) in [5.41, 5.74) is 0.914. The van der Waals surface area contributed by atoms with Gasteiger partial charge in [0.05, 0.1) is 17.5 Å². The summed E-state index contributed by atoms with van der Waals surface area (Å²) < 4.78 is 24.9. The number of benzene rings is 1. The number of hydrogen-bond acceptors (Lipinski definition) is 7. The van der Waals surface area contributed by atoms with E-state index in [-0.39, 0.29) is 35.0 Å². The third kappa shape index (κ3) is 3.29. The molecule has 0 saturated heterocycles. The molecule has 0 amide bonds. The van der Waals surface area contributed by atoms with Gasteiger partial charge >= 0.3 is 0 Å². The number of sulfone groups is 1. The quantitative estimate of drug-likeness (QED) is 0.861. The molecule has 7 nitrogen and oxygen atoms in total. The van der Waals surface area contributed by atoms with Crippen LogP contribution in [0.1, 0.15) is 17.3 Å². The molecule has 1 aromatic carbocycles. The second kappa shape index (κ2) is 6.66. The van der Waals surface area contributed by atoms with E-state index in [2.05, 4.69) is 15.1 Å². The number of aliphatic hydroxyl groups is 1. The van der Waals surface area contributed by atoms with Crippen molar-refractivity contribution in [2.75, 3.05) is 13.7 Å². The Hall–Kier alpha value is -2.32. The molecule has 0 fully saturated rings. The lowest BCUT2D eigenvalue weighted by Gasteiger charge is -2.22. The first-order chi connectivity index (χ1) is 11.5. The second-order valence-corrected chi connectivity index (χ2v) is 7.60. The average molecular weight is 346 g/mol. The summed E-state index contributed by atoms with van der Waals surface area (Å²) in [4.78, 5) is 8.14. The van der Waals surface area contributed by atoms with Crippen LogP contribution in [-0.2, 0) is 15.6 Å². The summed E-state index contributed by atoms with van der Waals surface area (Å²) >= 11 is 0. The van der Waals surface area contributed by atoms with Crippen molar-refractivity contribution >= 4 is 16.1 Å². The lowest BCUT2D eigenvalue weighted by molar-refractivity contribution is 0.160. The summed E-state index contributed by atoms with van der Waals surface area (Å²) in [6, 6.07) is 8.18. The topological polar surface area (TPSA) is 95.8 Å². The predicted molar refractivity (Wildman–Crippen MR) is 89.2 cm³/mol. The molecule has 2 atom stereocenters. The molecule has 0 radical (unpaired) electrons. The zero-order valence-electron chi connectivity index (χ0n) is 13.1. The Morgan fingerprint density at radius 1 is 1.17 bits per heavy atom. The molecular weight excluding hydrogens is 328 g/mol. The molecule has 1 aliphatic rings. The molecule has 0 saturated carbocycles. The fourth-order valence-corrected chi connectivity index (χ4v) is 3.90. The van der Waals surface area contributed by atoms with Crippen LogP contribution in [0, 0.1) is 0 Å². The van der Waals surface area contributed by atoms with Crippen LogP contribution in [0.4, 0.5) is 0 Å². The number of aliphatic hydroxyl groups excluding tert-OH is 1. The molecule has 126 valence electrons. The van der Waals surface area contributed by atoms with Gasteiger partial charge in [-0.05, 0) is 23.8 Å². The third-order valence-electron chi connectivity index (χ3n) is 4.05. The van der Waals surface area contributed by atoms with Gasteiger partial charge < -0.3 is 5.11 Å². The van der Waals surface area contributed by atoms with E-state index in [4.69, 9.17) is 0 Å². The van der Waals surface area contributed by atoms with Crippen molar-refractivity contribution in [3.63, 3.8) is 0 Å². The lowest BCUT2D eigenvalue weighted by Crippen LogP contribution is -2.31. The second-order valence-electron chi connectivity index (χ2n) is 5.61. The van der Waals surface area contributed by atoms with Gasteiger partial charge in [0.1, 0.15) is 11.6 Å². The van der Waals surface area contributed by atoms with Crippen molar-refractivity contribution < 1.29 is 13.5 Å². The highest BCUT2D eigenvalue weighted by Gasteiger charge is 2.29. The standard InChI is InChI=1S/C16H18N4O3S/c1-20-15(10-21)14(9-19-20)12-3-5-13(6-4-12)24(22,23)11-16-17-7-2-8-18-16/h2-9,14-15,21H,10-11H2,1H3. The third-order valence-corrected chi connectivity index (χ3v) is 5.68. The van der Waals surface area contributed by atoms with Crippen LogP contribution in [0.5, 0.6) is 0 Å². The summed E-state index contributed by atoms with van der Waals surface area (Å²) in [6.07, 6.45) is 4.81. The first-order valence-electron chi connectivity index (χ1n) is 7.47. The van der Waals surface area contributed by atoms with Crippen LogP contribution in [0.25, 0.3) is 0 Å². The Labute approximate surface area is 140 Å². The van der Waals surface area contributed by atoms with E-state index in [1.54, 1.807) is 48.6 Å². The average Bonchev–Trinajstić information content (AvgIpc) is 2.96. The van der Waals surface area contributed by atoms with Gasteiger partial charge in [0.2, 0.25) is 0 Å². The fraction of sp³-hybridized carbons (Fsp3) is 0.312. The first-order valence-corrected chi connectivity index (χ1v) is 9.13.